The summed E-state index contributed by atoms with van der Waals surface area (Å²) in [6.07, 6.45) is 0. The van der Waals surface area contributed by atoms with Crippen molar-refractivity contribution in [3.8, 4) is 0 Å². The van der Waals surface area contributed by atoms with E-state index in [0.29, 0.717) is 5.75 Å². The van der Waals surface area contributed by atoms with Crippen LogP contribution in [0.25, 0.3) is 0 Å². The largest absolute Gasteiger partial charge is 0.285 e. The van der Waals surface area contributed by atoms with E-state index in [1.165, 1.54) is 5.56 Å². The number of thiol groups is 1. The van der Waals surface area contributed by atoms with Gasteiger partial charge < -0.3 is 0 Å². The molecule has 2 unspecified atom stereocenters. The van der Waals surface area contributed by atoms with E-state index in [1.54, 1.807) is 18.7 Å². The van der Waals surface area contributed by atoms with Crippen molar-refractivity contribution in [2.75, 3.05) is 36.1 Å². The van der Waals surface area contributed by atoms with Crippen LogP contribution in [0.15, 0.2) is 30.3 Å². The number of rotatable bonds is 6. The minimum absolute atomic E-state index is 0.214. The lowest BCUT2D eigenvalue weighted by molar-refractivity contribution is 0.258. The summed E-state index contributed by atoms with van der Waals surface area (Å²) in [6, 6.07) is 10.3. The Balaban J connectivity index is 2.15. The van der Waals surface area contributed by atoms with Crippen molar-refractivity contribution in [3.05, 3.63) is 35.9 Å². The van der Waals surface area contributed by atoms with Gasteiger partial charge in [0.05, 0.1) is 0 Å². The van der Waals surface area contributed by atoms with Crippen LogP contribution in [0.3, 0.4) is 0 Å². The number of sulfone groups is 1. The number of benzene rings is 1. The zero-order valence-electron chi connectivity index (χ0n) is 12.3. The molecule has 0 aliphatic carbocycles. The fourth-order valence-corrected chi connectivity index (χ4v) is 6.04. The Morgan fingerprint density at radius 2 is 2.10 bits per heavy atom. The second-order valence-electron chi connectivity index (χ2n) is 5.27. The molecule has 0 aromatic heterocycles. The number of thioether (sulfide) groups is 1. The van der Waals surface area contributed by atoms with Gasteiger partial charge in [-0.15, -0.1) is 0 Å². The Hall–Kier alpha value is -0.170. The third-order valence-electron chi connectivity index (χ3n) is 3.95. The van der Waals surface area contributed by atoms with Gasteiger partial charge in [-0.25, -0.2) is 8.42 Å². The highest BCUT2D eigenvalue weighted by Gasteiger charge is 2.33. The molecule has 0 radical (unpaired) electrons. The fraction of sp³-hybridized carbons (Fsp3) is 0.600. The molecule has 2 rings (SSSR count). The molecule has 0 amide bonds. The third kappa shape index (κ3) is 4.41. The van der Waals surface area contributed by atoms with Gasteiger partial charge in [0.15, 0.2) is 9.84 Å². The first-order valence-electron chi connectivity index (χ1n) is 7.27. The van der Waals surface area contributed by atoms with Gasteiger partial charge >= 0.3 is 0 Å². The van der Waals surface area contributed by atoms with Crippen molar-refractivity contribution in [2.24, 2.45) is 0 Å². The summed E-state index contributed by atoms with van der Waals surface area (Å²) >= 11 is 6.21. The summed E-state index contributed by atoms with van der Waals surface area (Å²) in [5.41, 5.74) is 1.23. The molecule has 1 aliphatic rings. The normalized spacial score (nSPS) is 22.1. The van der Waals surface area contributed by atoms with E-state index in [-0.39, 0.29) is 17.0 Å². The van der Waals surface area contributed by atoms with Crippen LogP contribution in [0.4, 0.5) is 0 Å². The van der Waals surface area contributed by atoms with Gasteiger partial charge in [0, 0.05) is 36.3 Å². The predicted molar refractivity (Wildman–Crippen MR) is 95.2 cm³/mol. The summed E-state index contributed by atoms with van der Waals surface area (Å²) in [7, 11) is -3.03. The van der Waals surface area contributed by atoms with Crippen LogP contribution in [0.1, 0.15) is 18.4 Å². The van der Waals surface area contributed by atoms with Crippen molar-refractivity contribution in [3.63, 3.8) is 0 Å². The van der Waals surface area contributed by atoms with E-state index >= 15 is 0 Å². The molecule has 0 bridgehead atoms. The van der Waals surface area contributed by atoms with E-state index in [9.17, 15) is 8.42 Å². The molecule has 1 saturated heterocycles. The zero-order chi connectivity index (χ0) is 15.3. The molecule has 1 fully saturated rings. The molecule has 1 aromatic carbocycles. The number of hydrogen-bond acceptors (Lipinski definition) is 5. The van der Waals surface area contributed by atoms with Gasteiger partial charge in [-0.05, 0) is 11.3 Å². The van der Waals surface area contributed by atoms with Crippen LogP contribution in [-0.2, 0) is 9.84 Å². The Labute approximate surface area is 137 Å². The monoisotopic (exact) mass is 345 g/mol. The molecular weight excluding hydrogens is 322 g/mol. The van der Waals surface area contributed by atoms with E-state index in [1.807, 2.05) is 18.2 Å². The van der Waals surface area contributed by atoms with Crippen LogP contribution < -0.4 is 0 Å². The van der Waals surface area contributed by atoms with Gasteiger partial charge in [0.1, 0.15) is 5.37 Å². The van der Waals surface area contributed by atoms with Crippen LogP contribution >= 0.6 is 24.4 Å². The average molecular weight is 346 g/mol. The maximum Gasteiger partial charge on any atom is 0.166 e. The SMILES string of the molecule is CCS(=O)(=O)C1CSCCN1CC(CS)c1ccccc1. The van der Waals surface area contributed by atoms with E-state index < -0.39 is 9.84 Å². The molecule has 21 heavy (non-hydrogen) atoms. The second-order valence-corrected chi connectivity index (χ2v) is 9.23. The van der Waals surface area contributed by atoms with E-state index in [0.717, 1.165) is 24.6 Å². The first-order valence-corrected chi connectivity index (χ1v) is 10.8. The molecule has 6 heteroatoms. The number of hydrogen-bond donors (Lipinski definition) is 1. The minimum atomic E-state index is -3.03. The van der Waals surface area contributed by atoms with E-state index in [2.05, 4.69) is 29.7 Å². The first kappa shape index (κ1) is 17.2. The van der Waals surface area contributed by atoms with Gasteiger partial charge in [0.2, 0.25) is 0 Å². The third-order valence-corrected chi connectivity index (χ3v) is 7.73. The van der Waals surface area contributed by atoms with Crippen molar-refractivity contribution < 1.29 is 8.42 Å². The molecule has 2 atom stereocenters. The highest BCUT2D eigenvalue weighted by atomic mass is 32.2. The van der Waals surface area contributed by atoms with Gasteiger partial charge in [-0.2, -0.15) is 24.4 Å². The van der Waals surface area contributed by atoms with Gasteiger partial charge in [-0.1, -0.05) is 37.3 Å². The quantitative estimate of drug-likeness (QED) is 0.804. The van der Waals surface area contributed by atoms with Crippen molar-refractivity contribution >= 4 is 34.2 Å². The maximum atomic E-state index is 12.3. The summed E-state index contributed by atoms with van der Waals surface area (Å²) in [5, 5.41) is -0.340. The Morgan fingerprint density at radius 3 is 2.71 bits per heavy atom. The molecule has 3 nitrogen and oxygen atoms in total. The van der Waals surface area contributed by atoms with Crippen LogP contribution in [0.5, 0.6) is 0 Å². The fourth-order valence-electron chi connectivity index (χ4n) is 2.62. The average Bonchev–Trinajstić information content (AvgIpc) is 2.53. The molecule has 0 spiro atoms. The smallest absolute Gasteiger partial charge is 0.166 e. The van der Waals surface area contributed by atoms with Crippen LogP contribution in [0.2, 0.25) is 0 Å². The highest BCUT2D eigenvalue weighted by molar-refractivity contribution is 8.01. The van der Waals surface area contributed by atoms with Crippen molar-refractivity contribution in [2.45, 2.75) is 18.2 Å². The molecular formula is C15H23NO2S3. The standard InChI is InChI=1S/C15H23NO2S3/c1-2-21(17,18)15-12-20-9-8-16(15)10-14(11-19)13-6-4-3-5-7-13/h3-7,14-15,19H,2,8-12H2,1H3. The maximum absolute atomic E-state index is 12.3. The summed E-state index contributed by atoms with van der Waals surface area (Å²) in [6.45, 7) is 3.34. The summed E-state index contributed by atoms with van der Waals surface area (Å²) < 4.78 is 24.6. The van der Waals surface area contributed by atoms with Gasteiger partial charge in [-0.3, -0.25) is 4.90 Å². The molecule has 1 aromatic rings. The Kier molecular flexibility index (Phi) is 6.47. The lowest BCUT2D eigenvalue weighted by atomic mass is 10.0. The lowest BCUT2D eigenvalue weighted by Crippen LogP contribution is -2.49. The van der Waals surface area contributed by atoms with E-state index in [4.69, 9.17) is 0 Å². The lowest BCUT2D eigenvalue weighted by Gasteiger charge is -2.36. The number of nitrogens with zero attached hydrogens (tertiary/aromatic N) is 1. The topological polar surface area (TPSA) is 37.4 Å². The minimum Gasteiger partial charge on any atom is -0.285 e. The first-order chi connectivity index (χ1) is 10.1. The predicted octanol–water partition coefficient (Wildman–Crippen LogP) is 2.51. The summed E-state index contributed by atoms with van der Waals surface area (Å²) in [4.78, 5) is 2.14. The van der Waals surface area contributed by atoms with Crippen LogP contribution in [0, 0.1) is 0 Å². The molecule has 118 valence electrons. The second kappa shape index (κ2) is 7.90. The Morgan fingerprint density at radius 1 is 1.38 bits per heavy atom. The highest BCUT2D eigenvalue weighted by Crippen LogP contribution is 2.26. The van der Waals surface area contributed by atoms with Gasteiger partial charge in [0.25, 0.3) is 0 Å². The Bertz CT molecular complexity index is 533. The molecule has 0 saturated carbocycles. The molecule has 1 aliphatic heterocycles. The zero-order valence-corrected chi connectivity index (χ0v) is 14.8. The van der Waals surface area contributed by atoms with Crippen LogP contribution in [-0.4, -0.2) is 54.8 Å². The van der Waals surface area contributed by atoms with Crippen molar-refractivity contribution in [1.82, 2.24) is 4.90 Å². The molecule has 1 heterocycles. The summed E-state index contributed by atoms with van der Waals surface area (Å²) in [5.74, 6) is 2.90. The molecule has 0 N–H and O–H groups in total. The van der Waals surface area contributed by atoms with Crippen molar-refractivity contribution in [1.29, 1.82) is 0 Å².